The molecule has 0 saturated carbocycles. The first kappa shape index (κ1) is 12.3. The topological polar surface area (TPSA) is 38.1 Å². The zero-order chi connectivity index (χ0) is 12.1. The maximum atomic E-state index is 5.11. The summed E-state index contributed by atoms with van der Waals surface area (Å²) < 4.78 is 5.11. The molecule has 2 rings (SSSR count). The average molecular weight is 250 g/mol. The molecule has 0 aliphatic carbocycles. The number of aromatic nitrogens is 1. The highest BCUT2D eigenvalue weighted by Crippen LogP contribution is 2.12. The van der Waals surface area contributed by atoms with E-state index in [-0.39, 0.29) is 0 Å². The second-order valence-electron chi connectivity index (χ2n) is 4.15. The lowest BCUT2D eigenvalue weighted by Crippen LogP contribution is -2.33. The van der Waals surface area contributed by atoms with Crippen LogP contribution in [0.2, 0.25) is 0 Å². The van der Waals surface area contributed by atoms with Crippen LogP contribution in [0.15, 0.2) is 28.4 Å². The molecule has 4 heteroatoms. The van der Waals surface area contributed by atoms with E-state index in [1.807, 2.05) is 19.3 Å². The van der Waals surface area contributed by atoms with Crippen LogP contribution in [-0.2, 0) is 12.8 Å². The lowest BCUT2D eigenvalue weighted by atomic mass is 10.0. The number of nitrogens with one attached hydrogen (secondary N) is 1. The Morgan fingerprint density at radius 1 is 1.47 bits per heavy atom. The van der Waals surface area contributed by atoms with E-state index in [0.717, 1.165) is 24.4 Å². The third-order valence-electron chi connectivity index (χ3n) is 2.68. The van der Waals surface area contributed by atoms with Crippen molar-refractivity contribution in [3.8, 4) is 0 Å². The van der Waals surface area contributed by atoms with Crippen LogP contribution in [0, 0.1) is 6.92 Å². The second-order valence-corrected chi connectivity index (χ2v) is 5.21. The maximum absolute atomic E-state index is 5.11. The molecule has 0 radical (unpaired) electrons. The first-order valence-corrected chi connectivity index (χ1v) is 6.81. The Morgan fingerprint density at radius 2 is 2.35 bits per heavy atom. The number of aryl methyl sites for hydroxylation is 1. The lowest BCUT2D eigenvalue weighted by molar-refractivity contribution is 0.510. The average Bonchev–Trinajstić information content (AvgIpc) is 2.91. The van der Waals surface area contributed by atoms with Crippen molar-refractivity contribution < 1.29 is 4.42 Å². The zero-order valence-corrected chi connectivity index (χ0v) is 11.1. The van der Waals surface area contributed by atoms with Crippen LogP contribution in [0.1, 0.15) is 23.2 Å². The quantitative estimate of drug-likeness (QED) is 0.856. The van der Waals surface area contributed by atoms with E-state index in [9.17, 15) is 0 Å². The van der Waals surface area contributed by atoms with Gasteiger partial charge < -0.3 is 9.73 Å². The van der Waals surface area contributed by atoms with Gasteiger partial charge in [-0.1, -0.05) is 6.92 Å². The van der Waals surface area contributed by atoms with Gasteiger partial charge in [-0.2, -0.15) is 0 Å². The number of likely N-dealkylation sites (N-methyl/N-ethyl adjacent to an activating group) is 1. The largest absolute Gasteiger partial charge is 0.472 e. The highest BCUT2D eigenvalue weighted by Gasteiger charge is 2.11. The zero-order valence-electron chi connectivity index (χ0n) is 10.3. The molecule has 1 unspecified atom stereocenters. The normalized spacial score (nSPS) is 12.8. The highest BCUT2D eigenvalue weighted by atomic mass is 32.1. The van der Waals surface area contributed by atoms with Crippen molar-refractivity contribution in [1.29, 1.82) is 0 Å². The van der Waals surface area contributed by atoms with Crippen LogP contribution in [0.5, 0.6) is 0 Å². The number of furan rings is 1. The third-order valence-corrected chi connectivity index (χ3v) is 3.50. The van der Waals surface area contributed by atoms with Gasteiger partial charge in [0.25, 0.3) is 0 Å². The molecule has 0 fully saturated rings. The molecule has 3 nitrogen and oxygen atoms in total. The van der Waals surface area contributed by atoms with Gasteiger partial charge in [0.15, 0.2) is 0 Å². The summed E-state index contributed by atoms with van der Waals surface area (Å²) in [4.78, 5) is 4.52. The Kier molecular flexibility index (Phi) is 4.34. The van der Waals surface area contributed by atoms with E-state index in [0.29, 0.717) is 6.04 Å². The van der Waals surface area contributed by atoms with Crippen molar-refractivity contribution in [3.63, 3.8) is 0 Å². The van der Waals surface area contributed by atoms with Crippen LogP contribution in [0.3, 0.4) is 0 Å². The Hall–Kier alpha value is -1.13. The van der Waals surface area contributed by atoms with Crippen molar-refractivity contribution in [3.05, 3.63) is 40.2 Å². The Balaban J connectivity index is 1.97. The molecule has 17 heavy (non-hydrogen) atoms. The molecule has 0 spiro atoms. The van der Waals surface area contributed by atoms with E-state index < -0.39 is 0 Å². The first-order chi connectivity index (χ1) is 8.28. The number of nitrogens with zero attached hydrogens (tertiary/aromatic N) is 1. The molecule has 2 aromatic heterocycles. The fraction of sp³-hybridized carbons (Fsp3) is 0.462. The van der Waals surface area contributed by atoms with E-state index in [1.165, 1.54) is 11.3 Å². The molecular formula is C13H18N2OS. The van der Waals surface area contributed by atoms with E-state index in [1.54, 1.807) is 17.6 Å². The predicted octanol–water partition coefficient (Wildman–Crippen LogP) is 2.81. The van der Waals surface area contributed by atoms with Gasteiger partial charge in [0, 0.05) is 17.8 Å². The molecule has 1 N–H and O–H groups in total. The van der Waals surface area contributed by atoms with Crippen molar-refractivity contribution in [1.82, 2.24) is 10.3 Å². The summed E-state index contributed by atoms with van der Waals surface area (Å²) in [5.41, 5.74) is 2.42. The Bertz CT molecular complexity index is 436. The van der Waals surface area contributed by atoms with Gasteiger partial charge in [0.1, 0.15) is 0 Å². The molecule has 0 aromatic carbocycles. The Labute approximate surface area is 106 Å². The van der Waals surface area contributed by atoms with Crippen LogP contribution in [0.25, 0.3) is 0 Å². The van der Waals surface area contributed by atoms with E-state index in [4.69, 9.17) is 4.42 Å². The van der Waals surface area contributed by atoms with Gasteiger partial charge >= 0.3 is 0 Å². The minimum atomic E-state index is 0.430. The number of hydrogen-bond donors (Lipinski definition) is 1. The van der Waals surface area contributed by atoms with Crippen LogP contribution in [-0.4, -0.2) is 17.6 Å². The molecule has 0 saturated heterocycles. The van der Waals surface area contributed by atoms with Gasteiger partial charge in [-0.05, 0) is 31.5 Å². The fourth-order valence-electron chi connectivity index (χ4n) is 1.95. The van der Waals surface area contributed by atoms with Crippen LogP contribution < -0.4 is 5.32 Å². The highest BCUT2D eigenvalue weighted by molar-refractivity contribution is 7.09. The van der Waals surface area contributed by atoms with Crippen LogP contribution in [0.4, 0.5) is 0 Å². The number of rotatable bonds is 6. The minimum absolute atomic E-state index is 0.430. The molecule has 0 amide bonds. The second kappa shape index (κ2) is 5.98. The smallest absolute Gasteiger partial charge is 0.0935 e. The monoisotopic (exact) mass is 250 g/mol. The van der Waals surface area contributed by atoms with Gasteiger partial charge in [0.2, 0.25) is 0 Å². The van der Waals surface area contributed by atoms with Crippen molar-refractivity contribution in [2.24, 2.45) is 0 Å². The lowest BCUT2D eigenvalue weighted by Gasteiger charge is -2.15. The first-order valence-electron chi connectivity index (χ1n) is 5.93. The summed E-state index contributed by atoms with van der Waals surface area (Å²) in [5, 5.41) is 6.79. The van der Waals surface area contributed by atoms with Gasteiger partial charge in [-0.15, -0.1) is 11.3 Å². The molecule has 1 atom stereocenters. The van der Waals surface area contributed by atoms with Gasteiger partial charge in [0.05, 0.1) is 23.2 Å². The summed E-state index contributed by atoms with van der Waals surface area (Å²) in [6.07, 6.45) is 5.51. The van der Waals surface area contributed by atoms with Crippen LogP contribution >= 0.6 is 11.3 Å². The molecule has 92 valence electrons. The minimum Gasteiger partial charge on any atom is -0.472 e. The molecule has 2 aromatic rings. The summed E-state index contributed by atoms with van der Waals surface area (Å²) in [6, 6.07) is 2.45. The fourth-order valence-corrected chi connectivity index (χ4v) is 2.58. The summed E-state index contributed by atoms with van der Waals surface area (Å²) in [6.45, 7) is 5.16. The van der Waals surface area contributed by atoms with E-state index in [2.05, 4.69) is 22.6 Å². The van der Waals surface area contributed by atoms with Crippen molar-refractivity contribution in [2.75, 3.05) is 6.54 Å². The SMILES string of the molecule is CCNC(Cc1ccoc1)Cc1csc(C)n1. The van der Waals surface area contributed by atoms with Crippen molar-refractivity contribution >= 4 is 11.3 Å². The predicted molar refractivity (Wildman–Crippen MR) is 70.4 cm³/mol. The third kappa shape index (κ3) is 3.68. The molecule has 0 aliphatic rings. The van der Waals surface area contributed by atoms with E-state index >= 15 is 0 Å². The number of thiazole rings is 1. The maximum Gasteiger partial charge on any atom is 0.0935 e. The summed E-state index contributed by atoms with van der Waals surface area (Å²) in [5.74, 6) is 0. The molecule has 0 aliphatic heterocycles. The van der Waals surface area contributed by atoms with Gasteiger partial charge in [-0.25, -0.2) is 4.98 Å². The summed E-state index contributed by atoms with van der Waals surface area (Å²) in [7, 11) is 0. The molecular weight excluding hydrogens is 232 g/mol. The standard InChI is InChI=1S/C13H18N2OS/c1-3-14-12(6-11-4-5-16-8-11)7-13-9-17-10(2)15-13/h4-5,8-9,12,14H,3,6-7H2,1-2H3. The Morgan fingerprint density at radius 3 is 2.94 bits per heavy atom. The van der Waals surface area contributed by atoms with Gasteiger partial charge in [-0.3, -0.25) is 0 Å². The number of hydrogen-bond acceptors (Lipinski definition) is 4. The van der Waals surface area contributed by atoms with Crippen molar-refractivity contribution in [2.45, 2.75) is 32.7 Å². The molecule has 0 bridgehead atoms. The molecule has 2 heterocycles. The summed E-state index contributed by atoms with van der Waals surface area (Å²) >= 11 is 1.72.